The summed E-state index contributed by atoms with van der Waals surface area (Å²) >= 11 is 0. The fraction of sp³-hybridized carbons (Fsp3) is 0.414. The maximum atomic E-state index is 14.0. The Morgan fingerprint density at radius 2 is 1.76 bits per heavy atom. The first-order chi connectivity index (χ1) is 17.6. The lowest BCUT2D eigenvalue weighted by Gasteiger charge is -2.33. The minimum atomic E-state index is -4.53. The van der Waals surface area contributed by atoms with E-state index in [4.69, 9.17) is 0 Å². The third-order valence-electron chi connectivity index (χ3n) is 6.49. The highest BCUT2D eigenvalue weighted by Gasteiger charge is 2.36. The molecule has 1 aliphatic carbocycles. The van der Waals surface area contributed by atoms with Gasteiger partial charge in [0.05, 0.1) is 5.56 Å². The molecule has 1 heterocycles. The van der Waals surface area contributed by atoms with Crippen molar-refractivity contribution in [1.82, 2.24) is 10.6 Å². The van der Waals surface area contributed by atoms with Gasteiger partial charge in [-0.05, 0) is 50.3 Å². The molecule has 0 radical (unpaired) electrons. The van der Waals surface area contributed by atoms with Crippen LogP contribution < -0.4 is 10.6 Å². The highest BCUT2D eigenvalue weighted by Crippen LogP contribution is 2.38. The van der Waals surface area contributed by atoms with E-state index in [0.717, 1.165) is 36.2 Å². The van der Waals surface area contributed by atoms with E-state index < -0.39 is 29.5 Å². The van der Waals surface area contributed by atoms with Crippen LogP contribution in [0.15, 0.2) is 59.2 Å². The van der Waals surface area contributed by atoms with Crippen molar-refractivity contribution in [1.29, 1.82) is 0 Å². The number of unbranched alkanes of at least 4 members (excludes halogenated alkanes) is 2. The fourth-order valence-electron chi connectivity index (χ4n) is 4.50. The molecule has 0 bridgehead atoms. The molecule has 0 saturated heterocycles. The molecule has 200 valence electrons. The number of benzene rings is 2. The monoisotopic (exact) mass is 519 g/mol. The molecular formula is C29H34F5N3. The van der Waals surface area contributed by atoms with Crippen LogP contribution >= 0.6 is 0 Å². The Morgan fingerprint density at radius 1 is 1.08 bits per heavy atom. The number of amidine groups is 1. The first-order valence-corrected chi connectivity index (χ1v) is 12.7. The Hall–Kier alpha value is -3.16. The molecule has 2 aromatic carbocycles. The van der Waals surface area contributed by atoms with E-state index in [1.165, 1.54) is 50.5 Å². The molecule has 4 rings (SSSR count). The van der Waals surface area contributed by atoms with E-state index in [1.54, 1.807) is 0 Å². The fourth-order valence-corrected chi connectivity index (χ4v) is 4.50. The summed E-state index contributed by atoms with van der Waals surface area (Å²) < 4.78 is 68.6. The number of nitrogens with zero attached hydrogens (tertiary/aromatic N) is 1. The van der Waals surface area contributed by atoms with Crippen molar-refractivity contribution in [3.05, 3.63) is 88.1 Å². The Kier molecular flexibility index (Phi) is 9.51. The van der Waals surface area contributed by atoms with Crippen LogP contribution in [0.4, 0.5) is 22.0 Å². The maximum absolute atomic E-state index is 14.0. The molecule has 37 heavy (non-hydrogen) atoms. The van der Waals surface area contributed by atoms with Gasteiger partial charge in [-0.1, -0.05) is 57.9 Å². The summed E-state index contributed by atoms with van der Waals surface area (Å²) in [5, 5.41) is 6.19. The zero-order valence-electron chi connectivity index (χ0n) is 21.5. The Balaban J connectivity index is 0.000000695. The highest BCUT2D eigenvalue weighted by molar-refractivity contribution is 6.04. The third kappa shape index (κ3) is 6.99. The minimum absolute atomic E-state index is 0.00927. The molecule has 0 fully saturated rings. The predicted octanol–water partition coefficient (Wildman–Crippen LogP) is 8.58. The van der Waals surface area contributed by atoms with Crippen LogP contribution in [0.1, 0.15) is 87.2 Å². The number of nitrogens with one attached hydrogen (secondary N) is 2. The Morgan fingerprint density at radius 3 is 2.41 bits per heavy atom. The van der Waals surface area contributed by atoms with Gasteiger partial charge in [0.1, 0.15) is 23.6 Å². The van der Waals surface area contributed by atoms with Gasteiger partial charge in [0, 0.05) is 34.2 Å². The first kappa shape index (κ1) is 28.4. The average molecular weight is 520 g/mol. The van der Waals surface area contributed by atoms with E-state index >= 15 is 0 Å². The molecular weight excluding hydrogens is 485 g/mol. The third-order valence-corrected chi connectivity index (χ3v) is 6.49. The van der Waals surface area contributed by atoms with Gasteiger partial charge < -0.3 is 10.6 Å². The smallest absolute Gasteiger partial charge is 0.363 e. The average Bonchev–Trinajstić information content (AvgIpc) is 2.86. The number of halogens is 5. The Bertz CT molecular complexity index is 1180. The van der Waals surface area contributed by atoms with Crippen LogP contribution in [0.2, 0.25) is 0 Å². The lowest BCUT2D eigenvalue weighted by Crippen LogP contribution is -2.36. The molecule has 2 aromatic rings. The molecule has 1 unspecified atom stereocenters. The molecule has 8 heteroatoms. The van der Waals surface area contributed by atoms with E-state index in [0.29, 0.717) is 18.7 Å². The van der Waals surface area contributed by atoms with Gasteiger partial charge in [0.15, 0.2) is 0 Å². The second-order valence-corrected chi connectivity index (χ2v) is 9.29. The van der Waals surface area contributed by atoms with Crippen LogP contribution in [0, 0.1) is 18.6 Å². The van der Waals surface area contributed by atoms with E-state index in [2.05, 4.69) is 36.1 Å². The zero-order chi connectivity index (χ0) is 27.2. The van der Waals surface area contributed by atoms with Gasteiger partial charge in [0.25, 0.3) is 0 Å². The SMILES string of the molecule is C=C(NC1=NC(c2ccccc2C(F)(F)F)NC2=C1CCCC2)c1cc(F)cc(F)c1C.CCCCC. The van der Waals surface area contributed by atoms with Crippen LogP contribution in [0.25, 0.3) is 5.70 Å². The quantitative estimate of drug-likeness (QED) is 0.388. The van der Waals surface area contributed by atoms with Gasteiger partial charge >= 0.3 is 6.18 Å². The Labute approximate surface area is 215 Å². The van der Waals surface area contributed by atoms with Crippen molar-refractivity contribution in [2.24, 2.45) is 4.99 Å². The molecule has 0 spiro atoms. The van der Waals surface area contributed by atoms with Crippen LogP contribution in [0.3, 0.4) is 0 Å². The van der Waals surface area contributed by atoms with Gasteiger partial charge in [-0.2, -0.15) is 13.2 Å². The summed E-state index contributed by atoms with van der Waals surface area (Å²) in [4.78, 5) is 4.54. The van der Waals surface area contributed by atoms with Crippen LogP contribution in [-0.4, -0.2) is 5.84 Å². The van der Waals surface area contributed by atoms with Crippen molar-refractivity contribution >= 4 is 11.5 Å². The summed E-state index contributed by atoms with van der Waals surface area (Å²) in [5.41, 5.74) is 1.61. The van der Waals surface area contributed by atoms with Gasteiger partial charge in [-0.15, -0.1) is 0 Å². The molecule has 0 amide bonds. The molecule has 0 aromatic heterocycles. The molecule has 3 nitrogen and oxygen atoms in total. The lowest BCUT2D eigenvalue weighted by atomic mass is 9.92. The highest BCUT2D eigenvalue weighted by atomic mass is 19.4. The summed E-state index contributed by atoms with van der Waals surface area (Å²) in [6.07, 6.45) is 1.78. The second-order valence-electron chi connectivity index (χ2n) is 9.29. The number of rotatable bonds is 5. The zero-order valence-corrected chi connectivity index (χ0v) is 21.5. The lowest BCUT2D eigenvalue weighted by molar-refractivity contribution is -0.138. The van der Waals surface area contributed by atoms with Crippen molar-refractivity contribution < 1.29 is 22.0 Å². The summed E-state index contributed by atoms with van der Waals surface area (Å²) in [6.45, 7) is 9.84. The van der Waals surface area contributed by atoms with Crippen molar-refractivity contribution in [3.8, 4) is 0 Å². The van der Waals surface area contributed by atoms with E-state index in [9.17, 15) is 22.0 Å². The predicted molar refractivity (Wildman–Crippen MR) is 139 cm³/mol. The topological polar surface area (TPSA) is 36.4 Å². The van der Waals surface area contributed by atoms with E-state index in [1.807, 2.05) is 0 Å². The maximum Gasteiger partial charge on any atom is 0.416 e. The second kappa shape index (κ2) is 12.4. The number of alkyl halides is 3. The molecule has 2 aliphatic rings. The van der Waals surface area contributed by atoms with Crippen LogP contribution in [-0.2, 0) is 6.18 Å². The van der Waals surface area contributed by atoms with Gasteiger partial charge in [-0.25, -0.2) is 13.8 Å². The number of hydrogen-bond acceptors (Lipinski definition) is 3. The van der Waals surface area contributed by atoms with Gasteiger partial charge in [-0.3, -0.25) is 0 Å². The largest absolute Gasteiger partial charge is 0.416 e. The summed E-state index contributed by atoms with van der Waals surface area (Å²) in [6, 6.07) is 7.27. The molecule has 1 aliphatic heterocycles. The number of aliphatic imine (C=N–C) groups is 1. The van der Waals surface area contributed by atoms with Crippen molar-refractivity contribution in [3.63, 3.8) is 0 Å². The normalized spacial score (nSPS) is 17.2. The van der Waals surface area contributed by atoms with Crippen molar-refractivity contribution in [2.75, 3.05) is 0 Å². The summed E-state index contributed by atoms with van der Waals surface area (Å²) in [5.74, 6) is -1.08. The molecule has 0 saturated carbocycles. The van der Waals surface area contributed by atoms with E-state index in [-0.39, 0.29) is 22.4 Å². The molecule has 1 atom stereocenters. The van der Waals surface area contributed by atoms with Crippen molar-refractivity contribution in [2.45, 2.75) is 78.1 Å². The van der Waals surface area contributed by atoms with Gasteiger partial charge in [0.2, 0.25) is 0 Å². The number of hydrogen-bond donors (Lipinski definition) is 2. The minimum Gasteiger partial charge on any atom is -0.363 e. The summed E-state index contributed by atoms with van der Waals surface area (Å²) in [7, 11) is 0. The molecule has 2 N–H and O–H groups in total. The van der Waals surface area contributed by atoms with Crippen LogP contribution in [0.5, 0.6) is 0 Å². The number of allylic oxidation sites excluding steroid dienone is 1. The standard InChI is InChI=1S/C24H22F5N3.C5H12/c1-13-18(11-15(25)12-20(13)26)14(2)30-23-17-8-4-6-10-21(17)31-22(32-23)16-7-3-5-9-19(16)24(27,28)29;1-3-5-4-2/h3,5,7,9,11-12,22,31H,2,4,6,8,10H2,1H3,(H,30,32);3-5H2,1-2H3. The first-order valence-electron chi connectivity index (χ1n) is 12.7.